The lowest BCUT2D eigenvalue weighted by Gasteiger charge is -2.16. The van der Waals surface area contributed by atoms with E-state index in [0.29, 0.717) is 18.0 Å². The number of carbonyl (C=O) groups is 1. The second-order valence-corrected chi connectivity index (χ2v) is 6.58. The van der Waals surface area contributed by atoms with Crippen LogP contribution in [0.25, 0.3) is 0 Å². The molecule has 1 fully saturated rings. The maximum absolute atomic E-state index is 12.2. The number of hydrogen-bond donors (Lipinski definition) is 1. The van der Waals surface area contributed by atoms with Crippen LogP contribution in [0, 0.1) is 13.8 Å². The van der Waals surface area contributed by atoms with E-state index < -0.39 is 0 Å². The molecule has 4 nitrogen and oxygen atoms in total. The molecule has 1 N–H and O–H groups in total. The predicted octanol–water partition coefficient (Wildman–Crippen LogP) is 2.92. The largest absolute Gasteiger partial charge is 0.351 e. The fourth-order valence-electron chi connectivity index (χ4n) is 3.23. The molecule has 0 saturated carbocycles. The fraction of sp³-hybridized carbons (Fsp3) is 0.400. The number of nitrogens with one attached hydrogen (secondary N) is 1. The van der Waals surface area contributed by atoms with E-state index in [2.05, 4.69) is 45.5 Å². The molecule has 3 rings (SSSR count). The molecule has 0 radical (unpaired) electrons. The van der Waals surface area contributed by atoms with Crippen molar-refractivity contribution in [1.82, 2.24) is 15.2 Å². The van der Waals surface area contributed by atoms with Gasteiger partial charge in [-0.1, -0.05) is 30.3 Å². The van der Waals surface area contributed by atoms with E-state index in [9.17, 15) is 4.79 Å². The Hall–Kier alpha value is -2.20. The minimum Gasteiger partial charge on any atom is -0.351 e. The Morgan fingerprint density at radius 2 is 2.08 bits per heavy atom. The molecule has 0 aliphatic carbocycles. The van der Waals surface area contributed by atoms with E-state index in [1.807, 2.05) is 19.9 Å². The highest BCUT2D eigenvalue weighted by Gasteiger charge is 2.23. The van der Waals surface area contributed by atoms with Gasteiger partial charge in [0, 0.05) is 31.5 Å². The number of pyridine rings is 1. The molecule has 0 spiro atoms. The quantitative estimate of drug-likeness (QED) is 0.920. The second kappa shape index (κ2) is 7.58. The first-order chi connectivity index (χ1) is 11.6. The summed E-state index contributed by atoms with van der Waals surface area (Å²) in [5, 5.41) is 3.01. The summed E-state index contributed by atoms with van der Waals surface area (Å²) < 4.78 is 0. The SMILES string of the molecule is Cc1cc(C(=O)NCCN2CC[C@@H](c3ccccc3)C2)cnc1C. The van der Waals surface area contributed by atoms with E-state index in [1.165, 1.54) is 12.0 Å². The molecule has 4 heteroatoms. The highest BCUT2D eigenvalue weighted by atomic mass is 16.1. The molecule has 0 unspecified atom stereocenters. The maximum atomic E-state index is 12.2. The molecular weight excluding hydrogens is 298 g/mol. The molecule has 126 valence electrons. The van der Waals surface area contributed by atoms with Crippen LogP contribution in [0.15, 0.2) is 42.6 Å². The molecule has 1 aliphatic heterocycles. The van der Waals surface area contributed by atoms with E-state index in [-0.39, 0.29) is 5.91 Å². The zero-order valence-corrected chi connectivity index (χ0v) is 14.5. The van der Waals surface area contributed by atoms with Crippen molar-refractivity contribution >= 4 is 5.91 Å². The molecule has 1 aromatic carbocycles. The van der Waals surface area contributed by atoms with Crippen LogP contribution in [0.1, 0.15) is 39.5 Å². The molecule has 1 aliphatic rings. The monoisotopic (exact) mass is 323 g/mol. The summed E-state index contributed by atoms with van der Waals surface area (Å²) in [6.07, 6.45) is 2.85. The summed E-state index contributed by atoms with van der Waals surface area (Å²) in [6, 6.07) is 12.6. The summed E-state index contributed by atoms with van der Waals surface area (Å²) in [6.45, 7) is 7.67. The molecule has 2 aromatic rings. The van der Waals surface area contributed by atoms with Crippen LogP contribution >= 0.6 is 0 Å². The molecule has 2 heterocycles. The minimum atomic E-state index is -0.0376. The number of carbonyl (C=O) groups excluding carboxylic acids is 1. The van der Waals surface area contributed by atoms with E-state index in [0.717, 1.165) is 30.9 Å². The fourth-order valence-corrected chi connectivity index (χ4v) is 3.23. The van der Waals surface area contributed by atoms with Crippen LogP contribution in [0.4, 0.5) is 0 Å². The Balaban J connectivity index is 1.45. The van der Waals surface area contributed by atoms with E-state index >= 15 is 0 Å². The number of hydrogen-bond acceptors (Lipinski definition) is 3. The van der Waals surface area contributed by atoms with Gasteiger partial charge in [-0.3, -0.25) is 9.78 Å². The van der Waals surface area contributed by atoms with Crippen LogP contribution in [0.2, 0.25) is 0 Å². The maximum Gasteiger partial charge on any atom is 0.252 e. The summed E-state index contributed by atoms with van der Waals surface area (Å²) in [7, 11) is 0. The number of aryl methyl sites for hydroxylation is 2. The second-order valence-electron chi connectivity index (χ2n) is 6.58. The van der Waals surface area contributed by atoms with Crippen molar-refractivity contribution in [2.45, 2.75) is 26.2 Å². The van der Waals surface area contributed by atoms with Crippen molar-refractivity contribution in [2.24, 2.45) is 0 Å². The minimum absolute atomic E-state index is 0.0376. The zero-order chi connectivity index (χ0) is 16.9. The number of benzene rings is 1. The predicted molar refractivity (Wildman–Crippen MR) is 96.3 cm³/mol. The molecule has 1 atom stereocenters. The summed E-state index contributed by atoms with van der Waals surface area (Å²) >= 11 is 0. The molecule has 1 saturated heterocycles. The molecule has 0 bridgehead atoms. The average molecular weight is 323 g/mol. The van der Waals surface area contributed by atoms with Gasteiger partial charge < -0.3 is 10.2 Å². The van der Waals surface area contributed by atoms with Crippen molar-refractivity contribution in [3.05, 3.63) is 65.0 Å². The summed E-state index contributed by atoms with van der Waals surface area (Å²) in [5.74, 6) is 0.579. The highest BCUT2D eigenvalue weighted by molar-refractivity contribution is 5.94. The highest BCUT2D eigenvalue weighted by Crippen LogP contribution is 2.26. The summed E-state index contributed by atoms with van der Waals surface area (Å²) in [5.41, 5.74) is 4.08. The average Bonchev–Trinajstić information content (AvgIpc) is 3.07. The lowest BCUT2D eigenvalue weighted by atomic mass is 9.99. The lowest BCUT2D eigenvalue weighted by molar-refractivity contribution is 0.0949. The lowest BCUT2D eigenvalue weighted by Crippen LogP contribution is -2.33. The van der Waals surface area contributed by atoms with Crippen LogP contribution in [0.3, 0.4) is 0 Å². The molecule has 1 amide bonds. The summed E-state index contributed by atoms with van der Waals surface area (Å²) in [4.78, 5) is 18.9. The Bertz CT molecular complexity index is 699. The van der Waals surface area contributed by atoms with Crippen LogP contribution in [-0.4, -0.2) is 42.0 Å². The first kappa shape index (κ1) is 16.7. The smallest absolute Gasteiger partial charge is 0.252 e. The number of amides is 1. The van der Waals surface area contributed by atoms with Crippen molar-refractivity contribution in [1.29, 1.82) is 0 Å². The number of likely N-dealkylation sites (tertiary alicyclic amines) is 1. The number of rotatable bonds is 5. The molecule has 1 aromatic heterocycles. The van der Waals surface area contributed by atoms with Gasteiger partial charge in [-0.05, 0) is 49.9 Å². The number of nitrogens with zero attached hydrogens (tertiary/aromatic N) is 2. The van der Waals surface area contributed by atoms with E-state index in [4.69, 9.17) is 0 Å². The topological polar surface area (TPSA) is 45.2 Å². The third-order valence-corrected chi connectivity index (χ3v) is 4.86. The van der Waals surface area contributed by atoms with Gasteiger partial charge in [-0.25, -0.2) is 0 Å². The Kier molecular flexibility index (Phi) is 5.26. The van der Waals surface area contributed by atoms with Gasteiger partial charge >= 0.3 is 0 Å². The normalized spacial score (nSPS) is 17.8. The third kappa shape index (κ3) is 4.01. The Labute approximate surface area is 143 Å². The van der Waals surface area contributed by atoms with Gasteiger partial charge in [0.1, 0.15) is 0 Å². The van der Waals surface area contributed by atoms with Gasteiger partial charge in [0.25, 0.3) is 5.91 Å². The van der Waals surface area contributed by atoms with Crippen LogP contribution in [-0.2, 0) is 0 Å². The Morgan fingerprint density at radius 1 is 1.29 bits per heavy atom. The van der Waals surface area contributed by atoms with Crippen molar-refractivity contribution in [3.8, 4) is 0 Å². The van der Waals surface area contributed by atoms with Gasteiger partial charge in [0.05, 0.1) is 5.56 Å². The molecule has 24 heavy (non-hydrogen) atoms. The Morgan fingerprint density at radius 3 is 2.83 bits per heavy atom. The van der Waals surface area contributed by atoms with Crippen molar-refractivity contribution < 1.29 is 4.79 Å². The van der Waals surface area contributed by atoms with Gasteiger partial charge in [0.15, 0.2) is 0 Å². The standard InChI is InChI=1S/C20H25N3O/c1-15-12-19(13-22-16(15)2)20(24)21-9-11-23-10-8-18(14-23)17-6-4-3-5-7-17/h3-7,12-13,18H,8-11,14H2,1-2H3,(H,21,24)/t18-/m1/s1. The first-order valence-electron chi connectivity index (χ1n) is 8.62. The number of aromatic nitrogens is 1. The van der Waals surface area contributed by atoms with Crippen molar-refractivity contribution in [2.75, 3.05) is 26.2 Å². The third-order valence-electron chi connectivity index (χ3n) is 4.86. The van der Waals surface area contributed by atoms with Crippen molar-refractivity contribution in [3.63, 3.8) is 0 Å². The first-order valence-corrected chi connectivity index (χ1v) is 8.62. The van der Waals surface area contributed by atoms with Gasteiger partial charge in [-0.2, -0.15) is 0 Å². The van der Waals surface area contributed by atoms with E-state index in [1.54, 1.807) is 6.20 Å². The molecular formula is C20H25N3O. The van der Waals surface area contributed by atoms with Crippen LogP contribution < -0.4 is 5.32 Å². The van der Waals surface area contributed by atoms with Gasteiger partial charge in [-0.15, -0.1) is 0 Å². The van der Waals surface area contributed by atoms with Crippen LogP contribution in [0.5, 0.6) is 0 Å². The zero-order valence-electron chi connectivity index (χ0n) is 14.5. The van der Waals surface area contributed by atoms with Gasteiger partial charge in [0.2, 0.25) is 0 Å².